The van der Waals surface area contributed by atoms with Gasteiger partial charge in [0.2, 0.25) is 0 Å². The number of carbonyl (C=O) groups is 1. The van der Waals surface area contributed by atoms with E-state index in [9.17, 15) is 14.0 Å². The van der Waals surface area contributed by atoms with E-state index in [0.29, 0.717) is 49.8 Å². The first-order valence-corrected chi connectivity index (χ1v) is 15.5. The number of hydrogen-bond acceptors (Lipinski definition) is 7. The Morgan fingerprint density at radius 1 is 0.956 bits per heavy atom. The lowest BCUT2D eigenvalue weighted by Crippen LogP contribution is -2.39. The number of ether oxygens (including phenoxy) is 3. The highest BCUT2D eigenvalue weighted by Gasteiger charge is 2.33. The number of nitrogens with zero attached hydrogens (tertiary/aromatic N) is 2. The molecule has 0 bridgehead atoms. The molecule has 9 heteroatoms. The molecule has 228 valence electrons. The Hall–Kier alpha value is -5.02. The summed E-state index contributed by atoms with van der Waals surface area (Å²) in [6, 6.07) is 24.6. The Labute approximate surface area is 263 Å². The summed E-state index contributed by atoms with van der Waals surface area (Å²) in [6.07, 6.45) is 1.79. The molecular formula is C36H31FN2O5S. The number of aromatic nitrogens is 1. The predicted molar refractivity (Wildman–Crippen MR) is 173 cm³/mol. The third-order valence-corrected chi connectivity index (χ3v) is 8.55. The van der Waals surface area contributed by atoms with Crippen molar-refractivity contribution < 1.29 is 23.4 Å². The molecular weight excluding hydrogens is 591 g/mol. The molecule has 1 aliphatic rings. The third kappa shape index (κ3) is 5.91. The molecule has 0 unspecified atom stereocenters. The fraction of sp³-hybridized carbons (Fsp3) is 0.194. The van der Waals surface area contributed by atoms with Gasteiger partial charge in [-0.25, -0.2) is 14.2 Å². The van der Waals surface area contributed by atoms with E-state index in [0.717, 1.165) is 16.3 Å². The minimum atomic E-state index is -0.748. The molecule has 0 N–H and O–H groups in total. The molecule has 1 aromatic heterocycles. The van der Waals surface area contributed by atoms with E-state index < -0.39 is 12.0 Å². The number of benzene rings is 4. The zero-order valence-electron chi connectivity index (χ0n) is 25.1. The smallest absolute Gasteiger partial charge is 0.338 e. The van der Waals surface area contributed by atoms with E-state index >= 15 is 0 Å². The molecule has 0 radical (unpaired) electrons. The van der Waals surface area contributed by atoms with Crippen LogP contribution in [0.15, 0.2) is 106 Å². The topological polar surface area (TPSA) is 79.1 Å². The molecule has 0 spiro atoms. The fourth-order valence-corrected chi connectivity index (χ4v) is 6.50. The number of rotatable bonds is 9. The zero-order chi connectivity index (χ0) is 31.5. The number of esters is 1. The summed E-state index contributed by atoms with van der Waals surface area (Å²) in [4.78, 5) is 32.7. The van der Waals surface area contributed by atoms with Gasteiger partial charge in [0.25, 0.3) is 5.56 Å². The van der Waals surface area contributed by atoms with Crippen LogP contribution < -0.4 is 24.4 Å². The molecule has 2 heterocycles. The average Bonchev–Trinajstić information content (AvgIpc) is 3.35. The van der Waals surface area contributed by atoms with E-state index in [2.05, 4.69) is 4.99 Å². The molecule has 4 aromatic carbocycles. The van der Waals surface area contributed by atoms with E-state index in [1.54, 1.807) is 42.7 Å². The highest BCUT2D eigenvalue weighted by atomic mass is 32.1. The number of hydrogen-bond donors (Lipinski definition) is 0. The Morgan fingerprint density at radius 3 is 2.47 bits per heavy atom. The first kappa shape index (κ1) is 30.0. The summed E-state index contributed by atoms with van der Waals surface area (Å²) in [5.41, 5.74) is 2.32. The van der Waals surface area contributed by atoms with Crippen LogP contribution in [0.25, 0.3) is 16.8 Å². The van der Waals surface area contributed by atoms with E-state index in [1.165, 1.54) is 17.4 Å². The molecule has 7 nitrogen and oxygen atoms in total. The van der Waals surface area contributed by atoms with Gasteiger partial charge in [-0.05, 0) is 67.4 Å². The molecule has 1 aliphatic heterocycles. The number of thiazole rings is 1. The summed E-state index contributed by atoms with van der Waals surface area (Å²) in [7, 11) is 0. The van der Waals surface area contributed by atoms with Crippen LogP contribution in [-0.4, -0.2) is 23.8 Å². The van der Waals surface area contributed by atoms with Gasteiger partial charge in [0.1, 0.15) is 23.9 Å². The van der Waals surface area contributed by atoms with Crippen LogP contribution >= 0.6 is 11.3 Å². The van der Waals surface area contributed by atoms with Crippen molar-refractivity contribution in [3.05, 3.63) is 138 Å². The number of allylic oxidation sites excluding steroid dienone is 1. The number of carbonyl (C=O) groups excluding carboxylic acids is 1. The molecule has 0 saturated carbocycles. The van der Waals surface area contributed by atoms with Crippen molar-refractivity contribution in [3.8, 4) is 11.5 Å². The Morgan fingerprint density at radius 2 is 1.71 bits per heavy atom. The van der Waals surface area contributed by atoms with Gasteiger partial charge < -0.3 is 14.2 Å². The second-order valence-electron chi connectivity index (χ2n) is 10.4. The molecule has 6 rings (SSSR count). The lowest BCUT2D eigenvalue weighted by molar-refractivity contribution is -0.139. The van der Waals surface area contributed by atoms with Gasteiger partial charge in [0.05, 0.1) is 35.1 Å². The van der Waals surface area contributed by atoms with Crippen LogP contribution in [0.2, 0.25) is 0 Å². The monoisotopic (exact) mass is 622 g/mol. The summed E-state index contributed by atoms with van der Waals surface area (Å²) in [5, 5.41) is 1.84. The lowest BCUT2D eigenvalue weighted by Gasteiger charge is -2.24. The van der Waals surface area contributed by atoms with Crippen molar-refractivity contribution in [3.63, 3.8) is 0 Å². The quantitative estimate of drug-likeness (QED) is 0.187. The summed E-state index contributed by atoms with van der Waals surface area (Å²) < 4.78 is 33.6. The minimum Gasteiger partial charge on any atom is -0.494 e. The highest BCUT2D eigenvalue weighted by molar-refractivity contribution is 7.07. The van der Waals surface area contributed by atoms with E-state index in [-0.39, 0.29) is 24.6 Å². The SMILES string of the molecule is CCOC(=O)C1=C(C)N=c2s/c(=C\c3c(OCc4ccccc4F)ccc4ccccc34)c(=O)n2[C@@H]1c1ccc(OCC)cc1. The molecule has 0 saturated heterocycles. The number of fused-ring (bicyclic) bond motifs is 2. The standard InChI is InChI=1S/C36H31FN2O5S/c1-4-42-26-17-14-24(15-18-26)33-32(35(41)43-5-2)22(3)38-36-39(33)34(40)31(45-36)20-28-27-12-8-6-10-23(27)16-19-30(28)44-21-25-11-7-9-13-29(25)37/h6-20,33H,4-5,21H2,1-3H3/b31-20-/t33-/m1/s1. The minimum absolute atomic E-state index is 0.0208. The van der Waals surface area contributed by atoms with Crippen LogP contribution in [-0.2, 0) is 16.1 Å². The van der Waals surface area contributed by atoms with E-state index in [1.807, 2.05) is 67.6 Å². The molecule has 0 amide bonds. The van der Waals surface area contributed by atoms with Crippen molar-refractivity contribution in [1.82, 2.24) is 4.57 Å². The highest BCUT2D eigenvalue weighted by Crippen LogP contribution is 2.33. The normalized spacial score (nSPS) is 14.7. The van der Waals surface area contributed by atoms with Crippen molar-refractivity contribution in [2.45, 2.75) is 33.4 Å². The first-order valence-electron chi connectivity index (χ1n) is 14.7. The van der Waals surface area contributed by atoms with Crippen molar-refractivity contribution in [1.29, 1.82) is 0 Å². The van der Waals surface area contributed by atoms with Gasteiger partial charge in [0, 0.05) is 11.1 Å². The van der Waals surface area contributed by atoms with Crippen molar-refractivity contribution in [2.24, 2.45) is 4.99 Å². The van der Waals surface area contributed by atoms with Crippen LogP contribution in [0.1, 0.15) is 43.5 Å². The molecule has 1 atom stereocenters. The van der Waals surface area contributed by atoms with Crippen molar-refractivity contribution >= 4 is 34.2 Å². The maximum Gasteiger partial charge on any atom is 0.338 e. The second kappa shape index (κ2) is 12.9. The first-order chi connectivity index (χ1) is 21.9. The molecule has 0 aliphatic carbocycles. The van der Waals surface area contributed by atoms with Crippen LogP contribution in [0, 0.1) is 5.82 Å². The predicted octanol–water partition coefficient (Wildman–Crippen LogP) is 6.07. The summed E-state index contributed by atoms with van der Waals surface area (Å²) in [6.45, 7) is 6.13. The van der Waals surface area contributed by atoms with Gasteiger partial charge in [-0.15, -0.1) is 0 Å². The molecule has 5 aromatic rings. The van der Waals surface area contributed by atoms with Gasteiger partial charge in [0.15, 0.2) is 4.80 Å². The average molecular weight is 623 g/mol. The second-order valence-corrected chi connectivity index (χ2v) is 11.4. The van der Waals surface area contributed by atoms with Crippen LogP contribution in [0.4, 0.5) is 4.39 Å². The maximum absolute atomic E-state index is 14.4. The van der Waals surface area contributed by atoms with Gasteiger partial charge >= 0.3 is 5.97 Å². The van der Waals surface area contributed by atoms with Gasteiger partial charge in [-0.3, -0.25) is 9.36 Å². The van der Waals surface area contributed by atoms with Crippen molar-refractivity contribution in [2.75, 3.05) is 13.2 Å². The third-order valence-electron chi connectivity index (χ3n) is 7.57. The maximum atomic E-state index is 14.4. The van der Waals surface area contributed by atoms with E-state index in [4.69, 9.17) is 14.2 Å². The summed E-state index contributed by atoms with van der Waals surface area (Å²) in [5.74, 6) is 0.320. The van der Waals surface area contributed by atoms with Gasteiger partial charge in [-0.2, -0.15) is 0 Å². The lowest BCUT2D eigenvalue weighted by atomic mass is 9.96. The van der Waals surface area contributed by atoms with Crippen LogP contribution in [0.3, 0.4) is 0 Å². The Kier molecular flexibility index (Phi) is 8.62. The largest absolute Gasteiger partial charge is 0.494 e. The zero-order valence-corrected chi connectivity index (χ0v) is 25.9. The Balaban J connectivity index is 1.52. The summed E-state index contributed by atoms with van der Waals surface area (Å²) >= 11 is 1.23. The Bertz CT molecular complexity index is 2110. The number of halogens is 1. The fourth-order valence-electron chi connectivity index (χ4n) is 5.47. The van der Waals surface area contributed by atoms with Crippen LogP contribution in [0.5, 0.6) is 11.5 Å². The molecule has 0 fully saturated rings. The van der Waals surface area contributed by atoms with Gasteiger partial charge in [-0.1, -0.05) is 72.0 Å². The molecule has 45 heavy (non-hydrogen) atoms.